The van der Waals surface area contributed by atoms with Crippen LogP contribution in [0.1, 0.15) is 12.3 Å². The van der Waals surface area contributed by atoms with Crippen molar-refractivity contribution in [3.63, 3.8) is 0 Å². The second kappa shape index (κ2) is 7.92. The third kappa shape index (κ3) is 3.80. The Morgan fingerprint density at radius 3 is 2.42 bits per heavy atom. The van der Waals surface area contributed by atoms with Gasteiger partial charge in [-0.2, -0.15) is 8.78 Å². The van der Waals surface area contributed by atoms with Crippen molar-refractivity contribution < 1.29 is 27.8 Å². The highest BCUT2D eigenvalue weighted by Crippen LogP contribution is 2.36. The van der Waals surface area contributed by atoms with Crippen LogP contribution in [0.15, 0.2) is 47.0 Å². The average molecular weight is 362 g/mol. The molecule has 8 heteroatoms. The summed E-state index contributed by atoms with van der Waals surface area (Å²) in [6, 6.07) is 9.94. The fourth-order valence-electron chi connectivity index (χ4n) is 2.33. The minimum atomic E-state index is -2.83. The Balaban J connectivity index is 1.99. The molecule has 3 rings (SSSR count). The van der Waals surface area contributed by atoms with Gasteiger partial charge in [0.15, 0.2) is 5.76 Å². The lowest BCUT2D eigenvalue weighted by atomic mass is 10.1. The number of rotatable bonds is 7. The van der Waals surface area contributed by atoms with E-state index in [2.05, 4.69) is 9.97 Å². The first-order valence-electron chi connectivity index (χ1n) is 7.75. The fourth-order valence-corrected chi connectivity index (χ4v) is 2.33. The van der Waals surface area contributed by atoms with Gasteiger partial charge in [-0.15, -0.1) is 0 Å². The van der Waals surface area contributed by atoms with Crippen LogP contribution in [-0.4, -0.2) is 35.4 Å². The smallest absolute Gasteiger partial charge is 0.313 e. The molecule has 0 amide bonds. The lowest BCUT2D eigenvalue weighted by molar-refractivity contribution is 0.116. The van der Waals surface area contributed by atoms with Crippen LogP contribution in [0.4, 0.5) is 8.78 Å². The normalized spacial score (nSPS) is 11.0. The van der Waals surface area contributed by atoms with E-state index in [1.165, 1.54) is 13.3 Å². The number of halogens is 2. The quantitative estimate of drug-likeness (QED) is 0.690. The molecule has 0 aliphatic carbocycles. The summed E-state index contributed by atoms with van der Waals surface area (Å²) in [7, 11) is 1.48. The van der Waals surface area contributed by atoms with Crippen LogP contribution < -0.4 is 9.47 Å². The topological polar surface area (TPSA) is 77.6 Å². The maximum absolute atomic E-state index is 13.1. The molecule has 2 aromatic heterocycles. The van der Waals surface area contributed by atoms with Crippen LogP contribution in [0.3, 0.4) is 0 Å². The number of nitrogens with zero attached hydrogens (tertiary/aromatic N) is 2. The van der Waals surface area contributed by atoms with E-state index in [0.717, 1.165) is 0 Å². The molecule has 0 radical (unpaired) electrons. The Bertz CT molecular complexity index is 849. The van der Waals surface area contributed by atoms with Crippen LogP contribution in [0.25, 0.3) is 22.6 Å². The van der Waals surface area contributed by atoms with Gasteiger partial charge in [-0.1, -0.05) is 0 Å². The molecule has 2 heterocycles. The van der Waals surface area contributed by atoms with Crippen LogP contribution >= 0.6 is 0 Å². The van der Waals surface area contributed by atoms with Crippen LogP contribution in [-0.2, 0) is 0 Å². The molecule has 0 bridgehead atoms. The number of ether oxygens (including phenoxy) is 2. The molecule has 0 saturated heterocycles. The van der Waals surface area contributed by atoms with Gasteiger partial charge in [0.2, 0.25) is 5.88 Å². The third-order valence-corrected chi connectivity index (χ3v) is 3.53. The van der Waals surface area contributed by atoms with Gasteiger partial charge in [0.1, 0.15) is 18.1 Å². The van der Waals surface area contributed by atoms with Gasteiger partial charge in [0.05, 0.1) is 13.7 Å². The highest BCUT2D eigenvalue weighted by molar-refractivity contribution is 5.76. The number of aliphatic hydroxyl groups excluding tert-OH is 1. The molecular formula is C18H16F2N2O4. The zero-order valence-electron chi connectivity index (χ0n) is 13.9. The number of oxazole rings is 1. The van der Waals surface area contributed by atoms with Gasteiger partial charge >= 0.3 is 6.43 Å². The van der Waals surface area contributed by atoms with Crippen LogP contribution in [0.2, 0.25) is 0 Å². The number of hydrogen-bond donors (Lipinski definition) is 1. The monoisotopic (exact) mass is 362 g/mol. The molecule has 6 nitrogen and oxygen atoms in total. The largest absolute Gasteiger partial charge is 0.491 e. The lowest BCUT2D eigenvalue weighted by Crippen LogP contribution is -2.01. The second-order valence-corrected chi connectivity index (χ2v) is 5.22. The predicted octanol–water partition coefficient (Wildman–Crippen LogP) is 3.72. The maximum atomic E-state index is 13.1. The van der Waals surface area contributed by atoms with Crippen molar-refractivity contribution in [1.29, 1.82) is 0 Å². The number of benzene rings is 1. The summed E-state index contributed by atoms with van der Waals surface area (Å²) in [6.45, 7) is 0.0656. The second-order valence-electron chi connectivity index (χ2n) is 5.22. The highest BCUT2D eigenvalue weighted by atomic mass is 19.3. The van der Waals surface area contributed by atoms with E-state index in [1.54, 1.807) is 36.4 Å². The molecule has 0 aliphatic rings. The summed E-state index contributed by atoms with van der Waals surface area (Å²) in [4.78, 5) is 8.00. The van der Waals surface area contributed by atoms with Gasteiger partial charge in [0, 0.05) is 23.4 Å². The number of aromatic nitrogens is 2. The van der Waals surface area contributed by atoms with E-state index in [-0.39, 0.29) is 24.7 Å². The van der Waals surface area contributed by atoms with E-state index in [1.807, 2.05) is 0 Å². The Kier molecular flexibility index (Phi) is 5.43. The lowest BCUT2D eigenvalue weighted by Gasteiger charge is -2.06. The minimum Gasteiger partial charge on any atom is -0.491 e. The molecule has 0 fully saturated rings. The summed E-state index contributed by atoms with van der Waals surface area (Å²) in [5, 5.41) is 8.78. The molecule has 0 atom stereocenters. The van der Waals surface area contributed by atoms with E-state index in [4.69, 9.17) is 19.0 Å². The van der Waals surface area contributed by atoms with Crippen molar-refractivity contribution in [1.82, 2.24) is 9.97 Å². The zero-order valence-corrected chi connectivity index (χ0v) is 13.9. The standard InChI is InChI=1S/C18H16F2N2O4/c1-24-14-7-4-12(10-21-14)15-16(26-18(22-15)17(19)20)11-2-5-13(6-3-11)25-9-8-23/h2-7,10,17,23H,8-9H2,1H3. The van der Waals surface area contributed by atoms with Crippen molar-refractivity contribution in [3.8, 4) is 34.2 Å². The van der Waals surface area contributed by atoms with E-state index in [9.17, 15) is 8.78 Å². The van der Waals surface area contributed by atoms with E-state index in [0.29, 0.717) is 22.8 Å². The molecule has 0 unspecified atom stereocenters. The highest BCUT2D eigenvalue weighted by Gasteiger charge is 2.22. The maximum Gasteiger partial charge on any atom is 0.313 e. The molecular weight excluding hydrogens is 346 g/mol. The molecule has 26 heavy (non-hydrogen) atoms. The number of aliphatic hydroxyl groups is 1. The number of methoxy groups -OCH3 is 1. The first-order chi connectivity index (χ1) is 12.6. The summed E-state index contributed by atoms with van der Waals surface area (Å²) in [5.74, 6) is 0.495. The molecule has 1 aromatic carbocycles. The SMILES string of the molecule is COc1ccc(-c2nc(C(F)F)oc2-c2ccc(OCCO)cc2)cn1. The zero-order chi connectivity index (χ0) is 18.5. The molecule has 1 N–H and O–H groups in total. The Morgan fingerprint density at radius 1 is 1.12 bits per heavy atom. The first kappa shape index (κ1) is 17.8. The van der Waals surface area contributed by atoms with Crippen molar-refractivity contribution in [2.75, 3.05) is 20.3 Å². The van der Waals surface area contributed by atoms with Crippen molar-refractivity contribution in [2.45, 2.75) is 6.43 Å². The Morgan fingerprint density at radius 2 is 1.85 bits per heavy atom. The molecule has 3 aromatic rings. The molecule has 136 valence electrons. The van der Waals surface area contributed by atoms with Gasteiger partial charge in [-0.25, -0.2) is 9.97 Å². The Labute approximate surface area is 148 Å². The molecule has 0 saturated carbocycles. The van der Waals surface area contributed by atoms with Gasteiger partial charge in [0.25, 0.3) is 5.89 Å². The number of alkyl halides is 2. The summed E-state index contributed by atoms with van der Waals surface area (Å²) >= 11 is 0. The third-order valence-electron chi connectivity index (χ3n) is 3.53. The van der Waals surface area contributed by atoms with Gasteiger partial charge in [-0.3, -0.25) is 0 Å². The summed E-state index contributed by atoms with van der Waals surface area (Å²) < 4.78 is 41.7. The Hall–Kier alpha value is -3.00. The number of pyridine rings is 1. The average Bonchev–Trinajstić information content (AvgIpc) is 3.12. The van der Waals surface area contributed by atoms with Gasteiger partial charge in [-0.05, 0) is 30.3 Å². The van der Waals surface area contributed by atoms with E-state index < -0.39 is 12.3 Å². The van der Waals surface area contributed by atoms with Crippen molar-refractivity contribution in [2.24, 2.45) is 0 Å². The van der Waals surface area contributed by atoms with Crippen LogP contribution in [0.5, 0.6) is 11.6 Å². The first-order valence-corrected chi connectivity index (χ1v) is 7.75. The number of hydrogen-bond acceptors (Lipinski definition) is 6. The predicted molar refractivity (Wildman–Crippen MR) is 89.3 cm³/mol. The minimum absolute atomic E-state index is 0.101. The van der Waals surface area contributed by atoms with Crippen molar-refractivity contribution in [3.05, 3.63) is 48.5 Å². The summed E-state index contributed by atoms with van der Waals surface area (Å²) in [5.41, 5.74) is 1.35. The van der Waals surface area contributed by atoms with Crippen molar-refractivity contribution >= 4 is 0 Å². The van der Waals surface area contributed by atoms with E-state index >= 15 is 0 Å². The summed E-state index contributed by atoms with van der Waals surface area (Å²) in [6.07, 6.45) is -1.35. The van der Waals surface area contributed by atoms with Gasteiger partial charge < -0.3 is 19.0 Å². The fraction of sp³-hybridized carbons (Fsp3) is 0.222. The molecule has 0 aliphatic heterocycles. The molecule has 0 spiro atoms. The van der Waals surface area contributed by atoms with Crippen LogP contribution in [0, 0.1) is 0 Å².